The van der Waals surface area contributed by atoms with Crippen molar-refractivity contribution >= 4 is 55.7 Å². The van der Waals surface area contributed by atoms with Crippen LogP contribution in [0.5, 0.6) is 0 Å². The lowest BCUT2D eigenvalue weighted by atomic mass is 9.80. The molecule has 97 heavy (non-hydrogen) atoms. The first-order valence-electron chi connectivity index (χ1n) is 33.6. The van der Waals surface area contributed by atoms with Crippen molar-refractivity contribution in [2.75, 3.05) is 9.80 Å². The van der Waals surface area contributed by atoms with Crippen molar-refractivity contribution < 1.29 is 0 Å². The fourth-order valence-electron chi connectivity index (χ4n) is 14.9. The summed E-state index contributed by atoms with van der Waals surface area (Å²) < 4.78 is 0. The zero-order valence-electron chi connectivity index (χ0n) is 54.2. The van der Waals surface area contributed by atoms with Gasteiger partial charge in [-0.1, -0.05) is 305 Å². The van der Waals surface area contributed by atoms with E-state index >= 15 is 0 Å². The van der Waals surface area contributed by atoms with Crippen LogP contribution in [0, 0.1) is 0 Å². The third-order valence-electron chi connectivity index (χ3n) is 19.9. The van der Waals surface area contributed by atoms with Crippen LogP contribution in [0.4, 0.5) is 34.1 Å². The molecular formula is C95H68N2. The number of hydrogen-bond acceptors (Lipinski definition) is 2. The summed E-state index contributed by atoms with van der Waals surface area (Å²) in [6, 6.07) is 138. The van der Waals surface area contributed by atoms with E-state index < -0.39 is 0 Å². The number of hydrogen-bond donors (Lipinski definition) is 0. The van der Waals surface area contributed by atoms with Gasteiger partial charge < -0.3 is 9.80 Å². The van der Waals surface area contributed by atoms with Gasteiger partial charge in [0.1, 0.15) is 0 Å². The summed E-state index contributed by atoms with van der Waals surface area (Å²) in [5, 5.41) is 4.92. The van der Waals surface area contributed by atoms with Crippen molar-refractivity contribution in [3.05, 3.63) is 387 Å². The maximum atomic E-state index is 2.47. The Morgan fingerprint density at radius 3 is 0.928 bits per heavy atom. The molecule has 2 heteroatoms. The van der Waals surface area contributed by atoms with E-state index in [1.165, 1.54) is 122 Å². The minimum atomic E-state index is -0.247. The average Bonchev–Trinajstić information content (AvgIpc) is 1.58. The molecule has 0 atom stereocenters. The van der Waals surface area contributed by atoms with Crippen molar-refractivity contribution in [3.8, 4) is 100 Å². The molecule has 0 fully saturated rings. The first-order chi connectivity index (χ1) is 47.8. The molecule has 0 saturated heterocycles. The van der Waals surface area contributed by atoms with E-state index in [1.807, 2.05) is 0 Å². The Morgan fingerprint density at radius 1 is 0.175 bits per heavy atom. The van der Waals surface area contributed by atoms with Crippen molar-refractivity contribution in [2.45, 2.75) is 19.3 Å². The van der Waals surface area contributed by atoms with Gasteiger partial charge in [0.15, 0.2) is 0 Å². The lowest BCUT2D eigenvalue weighted by Crippen LogP contribution is -2.15. The second-order valence-electron chi connectivity index (χ2n) is 26.0. The summed E-state index contributed by atoms with van der Waals surface area (Å²) in [5.41, 5.74) is 30.7. The Labute approximate surface area is 568 Å². The van der Waals surface area contributed by atoms with E-state index in [-0.39, 0.29) is 5.41 Å². The van der Waals surface area contributed by atoms with Crippen LogP contribution < -0.4 is 9.80 Å². The molecule has 0 saturated carbocycles. The average molecular weight is 1240 g/mol. The van der Waals surface area contributed by atoms with Gasteiger partial charge in [-0.3, -0.25) is 0 Å². The van der Waals surface area contributed by atoms with Gasteiger partial charge in [0.05, 0.1) is 0 Å². The maximum absolute atomic E-state index is 2.47. The molecule has 0 bridgehead atoms. The molecule has 2 nitrogen and oxygen atoms in total. The lowest BCUT2D eigenvalue weighted by Gasteiger charge is -2.27. The highest BCUT2D eigenvalue weighted by Crippen LogP contribution is 2.52. The number of benzene rings is 16. The van der Waals surface area contributed by atoms with Gasteiger partial charge in [-0.2, -0.15) is 0 Å². The maximum Gasteiger partial charge on any atom is 0.0467 e. The molecule has 0 N–H and O–H groups in total. The van der Waals surface area contributed by atoms with Crippen LogP contribution in [0.15, 0.2) is 376 Å². The van der Waals surface area contributed by atoms with Crippen molar-refractivity contribution in [3.63, 3.8) is 0 Å². The first kappa shape index (κ1) is 58.5. The number of para-hydroxylation sites is 1. The van der Waals surface area contributed by atoms with Gasteiger partial charge in [0, 0.05) is 39.5 Å². The van der Waals surface area contributed by atoms with Crippen LogP contribution in [0.1, 0.15) is 25.0 Å². The van der Waals surface area contributed by atoms with Crippen LogP contribution >= 0.6 is 0 Å². The normalized spacial score (nSPS) is 12.1. The van der Waals surface area contributed by atoms with E-state index in [2.05, 4.69) is 400 Å². The second-order valence-corrected chi connectivity index (χ2v) is 26.0. The topological polar surface area (TPSA) is 6.48 Å². The van der Waals surface area contributed by atoms with E-state index in [0.717, 1.165) is 45.3 Å². The van der Waals surface area contributed by atoms with Gasteiger partial charge in [-0.05, 0) is 218 Å². The predicted molar refractivity (Wildman–Crippen MR) is 412 cm³/mol. The van der Waals surface area contributed by atoms with E-state index in [4.69, 9.17) is 0 Å². The fourth-order valence-corrected chi connectivity index (χ4v) is 14.9. The summed E-state index contributed by atoms with van der Waals surface area (Å²) in [5.74, 6) is 0. The molecule has 17 rings (SSSR count). The molecule has 0 unspecified atom stereocenters. The third kappa shape index (κ3) is 11.0. The minimum Gasteiger partial charge on any atom is -0.310 e. The van der Waals surface area contributed by atoms with Gasteiger partial charge in [-0.25, -0.2) is 0 Å². The highest BCUT2D eigenvalue weighted by atomic mass is 15.1. The van der Waals surface area contributed by atoms with Crippen LogP contribution in [0.25, 0.3) is 122 Å². The number of anilines is 6. The minimum absolute atomic E-state index is 0.247. The summed E-state index contributed by atoms with van der Waals surface area (Å²) >= 11 is 0. The molecule has 0 aromatic heterocycles. The third-order valence-corrected chi connectivity index (χ3v) is 19.9. The SMILES string of the molecule is CC1(C)c2cc(-c3ccc(N(c4cccc(-c5ccc(-c6ccccc6)cc5)c4)c4cccc(-c5cccc6ccccc56)c4)cc3)ccc2-c2ccc(-c3ccc(-c4cccc(N(c5ccccc5)c5cccc(-c6ccc(-c7ccccc7)cc6)c5)c4)c4ccccc34)cc21. The molecule has 16 aromatic rings. The molecular weight excluding hydrogens is 1170 g/mol. The lowest BCUT2D eigenvalue weighted by molar-refractivity contribution is 0.661. The molecule has 0 heterocycles. The predicted octanol–water partition coefficient (Wildman–Crippen LogP) is 26.6. The Hall–Kier alpha value is -12.4. The Morgan fingerprint density at radius 2 is 0.443 bits per heavy atom. The van der Waals surface area contributed by atoms with Gasteiger partial charge in [-0.15, -0.1) is 0 Å². The standard InChI is InChI=1S/C95H68N2/c1-95(2)93-63-75(71-49-53-80(54-50-71)97(84-36-18-29-76(61-84)86-40-20-26-72-25-12-13-37-85(72)86)82-34-17-28-74(60-82)70-47-43-68(44-48-70)66-23-8-4-9-24-66)51-55-91(93)92-56-52-78(64-94(92)95)88-58-57-87(89-38-14-15-39-90(88)89)77-30-19-35-83(62-77)96(79-31-10-5-11-32-79)81-33-16-27-73(59-81)69-45-41-67(42-46-69)65-21-6-3-7-22-65/h3-64H,1-2H3. The monoisotopic (exact) mass is 1240 g/mol. The molecule has 0 radical (unpaired) electrons. The highest BCUT2D eigenvalue weighted by molar-refractivity contribution is 6.06. The smallest absolute Gasteiger partial charge is 0.0467 e. The summed E-state index contributed by atoms with van der Waals surface area (Å²) in [6.45, 7) is 4.80. The quantitative estimate of drug-likeness (QED) is 0.107. The summed E-state index contributed by atoms with van der Waals surface area (Å²) in [4.78, 5) is 4.78. The Balaban J connectivity index is 0.671. The van der Waals surface area contributed by atoms with E-state index in [1.54, 1.807) is 0 Å². The Kier molecular flexibility index (Phi) is 15.0. The summed E-state index contributed by atoms with van der Waals surface area (Å²) in [7, 11) is 0. The molecule has 458 valence electrons. The molecule has 0 aliphatic heterocycles. The highest BCUT2D eigenvalue weighted by Gasteiger charge is 2.36. The van der Waals surface area contributed by atoms with Crippen molar-refractivity contribution in [1.82, 2.24) is 0 Å². The van der Waals surface area contributed by atoms with Crippen LogP contribution in [-0.4, -0.2) is 0 Å². The number of rotatable bonds is 14. The van der Waals surface area contributed by atoms with Gasteiger partial charge >= 0.3 is 0 Å². The molecule has 0 amide bonds. The fraction of sp³-hybridized carbons (Fsp3) is 0.0316. The number of fused-ring (bicyclic) bond motifs is 5. The number of nitrogens with zero attached hydrogens (tertiary/aromatic N) is 2. The van der Waals surface area contributed by atoms with E-state index in [9.17, 15) is 0 Å². The molecule has 1 aliphatic rings. The van der Waals surface area contributed by atoms with Crippen LogP contribution in [0.3, 0.4) is 0 Å². The van der Waals surface area contributed by atoms with Crippen molar-refractivity contribution in [2.24, 2.45) is 0 Å². The second kappa shape index (κ2) is 24.8. The molecule has 1 aliphatic carbocycles. The Bertz CT molecular complexity index is 5570. The molecule has 0 spiro atoms. The largest absolute Gasteiger partial charge is 0.310 e. The first-order valence-corrected chi connectivity index (χ1v) is 33.6. The van der Waals surface area contributed by atoms with Crippen LogP contribution in [0.2, 0.25) is 0 Å². The zero-order chi connectivity index (χ0) is 64.8. The van der Waals surface area contributed by atoms with Crippen molar-refractivity contribution in [1.29, 1.82) is 0 Å². The van der Waals surface area contributed by atoms with E-state index in [0.29, 0.717) is 0 Å². The van der Waals surface area contributed by atoms with Gasteiger partial charge in [0.2, 0.25) is 0 Å². The van der Waals surface area contributed by atoms with Crippen LogP contribution in [-0.2, 0) is 5.41 Å². The zero-order valence-corrected chi connectivity index (χ0v) is 54.2. The van der Waals surface area contributed by atoms with Gasteiger partial charge in [0.25, 0.3) is 0 Å². The summed E-state index contributed by atoms with van der Waals surface area (Å²) in [6.07, 6.45) is 0. The molecule has 16 aromatic carbocycles.